The van der Waals surface area contributed by atoms with Crippen molar-refractivity contribution in [2.24, 2.45) is 0 Å². The summed E-state index contributed by atoms with van der Waals surface area (Å²) in [6.45, 7) is 0.0358. The van der Waals surface area contributed by atoms with Crippen LogP contribution in [-0.2, 0) is 16.6 Å². The van der Waals surface area contributed by atoms with E-state index in [0.29, 0.717) is 9.75 Å². The Morgan fingerprint density at radius 1 is 1.27 bits per heavy atom. The zero-order chi connectivity index (χ0) is 18.7. The third-order valence-electron chi connectivity index (χ3n) is 3.48. The number of hydrogen-bond donors (Lipinski definition) is 1. The SMILES string of the molecule is COc1ccc(Cl)cc1S(=O)(=O)NCc1ccc(C(=O)c2ccco2)s1. The molecule has 1 aromatic carbocycles. The highest BCUT2D eigenvalue weighted by Gasteiger charge is 2.21. The number of rotatable bonds is 7. The average molecular weight is 412 g/mol. The Labute approximate surface area is 159 Å². The molecule has 0 aliphatic carbocycles. The number of ether oxygens (including phenoxy) is 1. The van der Waals surface area contributed by atoms with E-state index in [2.05, 4.69) is 4.72 Å². The van der Waals surface area contributed by atoms with Crippen LogP contribution >= 0.6 is 22.9 Å². The molecule has 0 atom stereocenters. The van der Waals surface area contributed by atoms with Crippen LogP contribution in [0.1, 0.15) is 20.3 Å². The first kappa shape index (κ1) is 18.7. The molecule has 2 aromatic heterocycles. The van der Waals surface area contributed by atoms with E-state index in [9.17, 15) is 13.2 Å². The van der Waals surface area contributed by atoms with E-state index < -0.39 is 10.0 Å². The number of benzene rings is 1. The van der Waals surface area contributed by atoms with Gasteiger partial charge in [0.1, 0.15) is 10.6 Å². The zero-order valence-electron chi connectivity index (χ0n) is 13.6. The van der Waals surface area contributed by atoms with Gasteiger partial charge in [0.15, 0.2) is 5.76 Å². The van der Waals surface area contributed by atoms with Gasteiger partial charge in [-0.05, 0) is 42.5 Å². The second-order valence-electron chi connectivity index (χ2n) is 5.19. The molecule has 26 heavy (non-hydrogen) atoms. The largest absolute Gasteiger partial charge is 0.495 e. The second kappa shape index (κ2) is 7.63. The van der Waals surface area contributed by atoms with E-state index >= 15 is 0 Å². The van der Waals surface area contributed by atoms with Gasteiger partial charge in [0.25, 0.3) is 0 Å². The number of halogens is 1. The minimum absolute atomic E-state index is 0.0358. The summed E-state index contributed by atoms with van der Waals surface area (Å²) in [5.74, 6) is 0.190. The smallest absolute Gasteiger partial charge is 0.244 e. The van der Waals surface area contributed by atoms with Crippen LogP contribution in [0, 0.1) is 0 Å². The quantitative estimate of drug-likeness (QED) is 0.599. The molecule has 0 amide bonds. The summed E-state index contributed by atoms with van der Waals surface area (Å²) in [5.41, 5.74) is 0. The number of carbonyl (C=O) groups is 1. The molecular weight excluding hydrogens is 398 g/mol. The summed E-state index contributed by atoms with van der Waals surface area (Å²) in [6, 6.07) is 10.9. The zero-order valence-corrected chi connectivity index (χ0v) is 16.0. The van der Waals surface area contributed by atoms with Crippen molar-refractivity contribution in [3.63, 3.8) is 0 Å². The number of nitrogens with one attached hydrogen (secondary N) is 1. The maximum Gasteiger partial charge on any atom is 0.244 e. The van der Waals surface area contributed by atoms with E-state index in [4.69, 9.17) is 20.8 Å². The van der Waals surface area contributed by atoms with E-state index in [1.807, 2.05) is 0 Å². The summed E-state index contributed by atoms with van der Waals surface area (Å²) in [6.07, 6.45) is 1.42. The minimum atomic E-state index is -3.83. The van der Waals surface area contributed by atoms with Gasteiger partial charge in [-0.1, -0.05) is 11.6 Å². The third-order valence-corrected chi connectivity index (χ3v) is 6.22. The molecule has 0 aliphatic heterocycles. The van der Waals surface area contributed by atoms with Gasteiger partial charge in [-0.3, -0.25) is 4.79 Å². The van der Waals surface area contributed by atoms with Crippen molar-refractivity contribution >= 4 is 38.7 Å². The Morgan fingerprint density at radius 3 is 2.77 bits per heavy atom. The summed E-state index contributed by atoms with van der Waals surface area (Å²) in [4.78, 5) is 13.3. The van der Waals surface area contributed by atoms with Gasteiger partial charge in [-0.25, -0.2) is 13.1 Å². The fourth-order valence-electron chi connectivity index (χ4n) is 2.23. The van der Waals surface area contributed by atoms with Gasteiger partial charge in [0, 0.05) is 16.4 Å². The summed E-state index contributed by atoms with van der Waals surface area (Å²) < 4.78 is 37.7. The topological polar surface area (TPSA) is 85.6 Å². The van der Waals surface area contributed by atoms with Crippen LogP contribution in [0.3, 0.4) is 0 Å². The fraction of sp³-hybridized carbons (Fsp3) is 0.118. The van der Waals surface area contributed by atoms with Gasteiger partial charge in [-0.15, -0.1) is 11.3 Å². The first-order valence-corrected chi connectivity index (χ1v) is 10.1. The predicted molar refractivity (Wildman–Crippen MR) is 98.5 cm³/mol. The maximum absolute atomic E-state index is 12.5. The Kier molecular flexibility index (Phi) is 5.47. The van der Waals surface area contributed by atoms with Crippen LogP contribution in [0.15, 0.2) is 58.0 Å². The highest BCUT2D eigenvalue weighted by molar-refractivity contribution is 7.89. The molecule has 0 radical (unpaired) electrons. The van der Waals surface area contributed by atoms with Crippen molar-refractivity contribution in [3.05, 3.63) is 69.3 Å². The third kappa shape index (κ3) is 3.99. The normalized spacial score (nSPS) is 11.5. The van der Waals surface area contributed by atoms with Crippen molar-refractivity contribution in [1.29, 1.82) is 0 Å². The lowest BCUT2D eigenvalue weighted by molar-refractivity contribution is 0.101. The maximum atomic E-state index is 12.5. The number of methoxy groups -OCH3 is 1. The van der Waals surface area contributed by atoms with E-state index in [0.717, 1.165) is 0 Å². The van der Waals surface area contributed by atoms with Gasteiger partial charge >= 0.3 is 0 Å². The van der Waals surface area contributed by atoms with Crippen LogP contribution < -0.4 is 9.46 Å². The summed E-state index contributed by atoms with van der Waals surface area (Å²) in [5, 5.41) is 0.286. The number of sulfonamides is 1. The first-order valence-electron chi connectivity index (χ1n) is 7.41. The molecule has 6 nitrogen and oxygen atoms in total. The summed E-state index contributed by atoms with van der Waals surface area (Å²) in [7, 11) is -2.45. The minimum Gasteiger partial charge on any atom is -0.495 e. The molecule has 0 spiro atoms. The van der Waals surface area contributed by atoms with Crippen LogP contribution in [0.4, 0.5) is 0 Å². The number of thiophene rings is 1. The van der Waals surface area contributed by atoms with Gasteiger partial charge < -0.3 is 9.15 Å². The van der Waals surface area contributed by atoms with Crippen LogP contribution in [-0.4, -0.2) is 21.3 Å². The molecule has 136 valence electrons. The van der Waals surface area contributed by atoms with Crippen molar-refractivity contribution in [1.82, 2.24) is 4.72 Å². The fourth-order valence-corrected chi connectivity index (χ4v) is 4.65. The standard InChI is InChI=1S/C17H14ClNO5S2/c1-23-13-6-4-11(18)9-16(13)26(21,22)19-10-12-5-7-15(25-12)17(20)14-3-2-8-24-14/h2-9,19H,10H2,1H3. The van der Waals surface area contributed by atoms with Crippen LogP contribution in [0.5, 0.6) is 5.75 Å². The second-order valence-corrected chi connectivity index (χ2v) is 8.53. The lowest BCUT2D eigenvalue weighted by atomic mass is 10.2. The molecular formula is C17H14ClNO5S2. The van der Waals surface area contributed by atoms with Gasteiger partial charge in [0.2, 0.25) is 15.8 Å². The Morgan fingerprint density at radius 2 is 2.08 bits per heavy atom. The molecule has 3 rings (SSSR count). The van der Waals surface area contributed by atoms with Crippen molar-refractivity contribution in [2.45, 2.75) is 11.4 Å². The van der Waals surface area contributed by atoms with Crippen molar-refractivity contribution in [3.8, 4) is 5.75 Å². The van der Waals surface area contributed by atoms with Gasteiger partial charge in [-0.2, -0.15) is 0 Å². The molecule has 1 N–H and O–H groups in total. The molecule has 0 aliphatic rings. The molecule has 0 saturated heterocycles. The molecule has 0 bridgehead atoms. The van der Waals surface area contributed by atoms with Gasteiger partial charge in [0.05, 0.1) is 18.3 Å². The monoisotopic (exact) mass is 411 g/mol. The Hall–Kier alpha value is -2.13. The molecule has 0 unspecified atom stereocenters. The number of furan rings is 1. The lowest BCUT2D eigenvalue weighted by Crippen LogP contribution is -2.23. The predicted octanol–water partition coefficient (Wildman–Crippen LogP) is 3.71. The number of hydrogen-bond acceptors (Lipinski definition) is 6. The Balaban J connectivity index is 1.75. The van der Waals surface area contributed by atoms with Crippen LogP contribution in [0.2, 0.25) is 5.02 Å². The summed E-state index contributed by atoms with van der Waals surface area (Å²) >= 11 is 7.09. The molecule has 2 heterocycles. The number of ketones is 1. The average Bonchev–Trinajstić information content (AvgIpc) is 3.31. The highest BCUT2D eigenvalue weighted by Crippen LogP contribution is 2.27. The number of carbonyl (C=O) groups excluding carboxylic acids is 1. The molecule has 3 aromatic rings. The first-order chi connectivity index (χ1) is 12.4. The van der Waals surface area contributed by atoms with E-state index in [1.54, 1.807) is 30.3 Å². The van der Waals surface area contributed by atoms with Crippen molar-refractivity contribution in [2.75, 3.05) is 7.11 Å². The molecule has 0 saturated carbocycles. The molecule has 9 heteroatoms. The lowest BCUT2D eigenvalue weighted by Gasteiger charge is -2.10. The van der Waals surface area contributed by atoms with E-state index in [1.165, 1.54) is 36.8 Å². The Bertz CT molecular complexity index is 1030. The van der Waals surface area contributed by atoms with Crippen LogP contribution in [0.25, 0.3) is 0 Å². The van der Waals surface area contributed by atoms with Crippen molar-refractivity contribution < 1.29 is 22.4 Å². The molecule has 0 fully saturated rings. The van der Waals surface area contributed by atoms with E-state index in [-0.39, 0.29) is 33.8 Å². The highest BCUT2D eigenvalue weighted by atomic mass is 35.5.